The lowest BCUT2D eigenvalue weighted by Gasteiger charge is -2.20. The van der Waals surface area contributed by atoms with Gasteiger partial charge in [-0.05, 0) is 25.0 Å². The van der Waals surface area contributed by atoms with Crippen molar-refractivity contribution in [3.05, 3.63) is 30.3 Å². The fraction of sp³-hybridized carbons (Fsp3) is 0.467. The molecule has 1 rings (SSSR count). The Hall–Kier alpha value is -1.84. The quantitative estimate of drug-likeness (QED) is 0.799. The molecule has 1 aromatic carbocycles. The number of carbonyl (C=O) groups is 2. The van der Waals surface area contributed by atoms with Crippen molar-refractivity contribution in [2.45, 2.75) is 27.2 Å². The summed E-state index contributed by atoms with van der Waals surface area (Å²) in [4.78, 5) is 25.4. The van der Waals surface area contributed by atoms with Gasteiger partial charge in [-0.3, -0.25) is 9.59 Å². The molecule has 0 radical (unpaired) electrons. The van der Waals surface area contributed by atoms with E-state index in [9.17, 15) is 9.59 Å². The highest BCUT2D eigenvalue weighted by Gasteiger charge is 2.17. The third-order valence-corrected chi connectivity index (χ3v) is 2.70. The third kappa shape index (κ3) is 5.12. The van der Waals surface area contributed by atoms with Crippen molar-refractivity contribution in [2.24, 2.45) is 5.92 Å². The van der Waals surface area contributed by atoms with Gasteiger partial charge in [-0.1, -0.05) is 32.0 Å². The molecule has 104 valence electrons. The van der Waals surface area contributed by atoms with E-state index in [-0.39, 0.29) is 18.2 Å². The van der Waals surface area contributed by atoms with Crippen LogP contribution in [-0.2, 0) is 9.59 Å². The summed E-state index contributed by atoms with van der Waals surface area (Å²) in [5.41, 5.74) is 0.826. The molecule has 0 unspecified atom stereocenters. The van der Waals surface area contributed by atoms with E-state index < -0.39 is 0 Å². The first kappa shape index (κ1) is 15.2. The Morgan fingerprint density at radius 3 is 2.37 bits per heavy atom. The summed E-state index contributed by atoms with van der Waals surface area (Å²) in [7, 11) is 0. The summed E-state index contributed by atoms with van der Waals surface area (Å²) in [5.74, 6) is -0.00140. The molecule has 4 heteroatoms. The second-order valence-electron chi connectivity index (χ2n) is 4.85. The van der Waals surface area contributed by atoms with E-state index in [2.05, 4.69) is 5.32 Å². The fourth-order valence-electron chi connectivity index (χ4n) is 1.72. The molecule has 0 aliphatic rings. The Morgan fingerprint density at radius 1 is 1.21 bits per heavy atom. The van der Waals surface area contributed by atoms with E-state index in [4.69, 9.17) is 0 Å². The highest BCUT2D eigenvalue weighted by Crippen LogP contribution is 2.13. The van der Waals surface area contributed by atoms with Gasteiger partial charge in [0.2, 0.25) is 11.8 Å². The van der Waals surface area contributed by atoms with Crippen LogP contribution in [0.3, 0.4) is 0 Å². The molecule has 0 aliphatic carbocycles. The van der Waals surface area contributed by atoms with E-state index in [1.54, 1.807) is 4.90 Å². The van der Waals surface area contributed by atoms with Crippen molar-refractivity contribution in [2.75, 3.05) is 18.0 Å². The number of carbonyl (C=O) groups excluding carboxylic acids is 2. The minimum absolute atomic E-state index is 0.102. The van der Waals surface area contributed by atoms with Crippen LogP contribution >= 0.6 is 0 Å². The number of hydrogen-bond acceptors (Lipinski definition) is 2. The van der Waals surface area contributed by atoms with E-state index >= 15 is 0 Å². The van der Waals surface area contributed by atoms with Gasteiger partial charge in [0, 0.05) is 18.8 Å². The molecule has 19 heavy (non-hydrogen) atoms. The molecule has 0 atom stereocenters. The molecule has 0 fully saturated rings. The number of hydrogen-bond donors (Lipinski definition) is 1. The number of anilines is 1. The largest absolute Gasteiger partial charge is 0.355 e. The number of nitrogens with one attached hydrogen (secondary N) is 1. The molecule has 0 aliphatic heterocycles. The number of para-hydroxylation sites is 1. The zero-order valence-corrected chi connectivity index (χ0v) is 11.8. The lowest BCUT2D eigenvalue weighted by molar-refractivity contribution is -0.128. The lowest BCUT2D eigenvalue weighted by Crippen LogP contribution is -2.36. The van der Waals surface area contributed by atoms with Crippen molar-refractivity contribution < 1.29 is 9.59 Å². The predicted molar refractivity (Wildman–Crippen MR) is 76.9 cm³/mol. The first-order valence-corrected chi connectivity index (χ1v) is 6.66. The molecule has 0 aromatic heterocycles. The Labute approximate surface area is 114 Å². The van der Waals surface area contributed by atoms with Crippen LogP contribution in [-0.4, -0.2) is 24.9 Å². The Kier molecular flexibility index (Phi) is 6.06. The smallest absolute Gasteiger partial charge is 0.236 e. The van der Waals surface area contributed by atoms with Gasteiger partial charge in [0.05, 0.1) is 0 Å². The van der Waals surface area contributed by atoms with E-state index in [0.29, 0.717) is 19.0 Å². The van der Waals surface area contributed by atoms with Crippen molar-refractivity contribution in [1.29, 1.82) is 0 Å². The normalized spacial score (nSPS) is 10.3. The van der Waals surface area contributed by atoms with Gasteiger partial charge in [-0.15, -0.1) is 0 Å². The van der Waals surface area contributed by atoms with Crippen molar-refractivity contribution >= 4 is 17.5 Å². The second kappa shape index (κ2) is 7.56. The molecular weight excluding hydrogens is 240 g/mol. The van der Waals surface area contributed by atoms with Crippen LogP contribution < -0.4 is 10.2 Å². The summed E-state index contributed by atoms with van der Waals surface area (Å²) in [5, 5.41) is 2.76. The first-order chi connectivity index (χ1) is 9.04. The maximum absolute atomic E-state index is 12.1. The van der Waals surface area contributed by atoms with E-state index in [1.165, 1.54) is 0 Å². The molecule has 0 saturated heterocycles. The Bertz CT molecular complexity index is 415. The molecule has 4 nitrogen and oxygen atoms in total. The summed E-state index contributed by atoms with van der Waals surface area (Å²) < 4.78 is 0. The Balaban J connectivity index is 2.58. The standard InChI is InChI=1S/C15H22N2O2/c1-4-17(13-8-6-5-7-9-13)15(19)10-14(18)16-11-12(2)3/h5-9,12H,4,10-11H2,1-3H3,(H,16,18). The van der Waals surface area contributed by atoms with Gasteiger partial charge in [-0.25, -0.2) is 0 Å². The summed E-state index contributed by atoms with van der Waals surface area (Å²) >= 11 is 0. The van der Waals surface area contributed by atoms with Crippen LogP contribution in [0.2, 0.25) is 0 Å². The summed E-state index contributed by atoms with van der Waals surface area (Å²) in [6.45, 7) is 7.09. The van der Waals surface area contributed by atoms with Gasteiger partial charge in [0.25, 0.3) is 0 Å². The van der Waals surface area contributed by atoms with Crippen LogP contribution in [0.15, 0.2) is 30.3 Å². The zero-order chi connectivity index (χ0) is 14.3. The third-order valence-electron chi connectivity index (χ3n) is 2.70. The topological polar surface area (TPSA) is 49.4 Å². The van der Waals surface area contributed by atoms with Gasteiger partial charge in [-0.2, -0.15) is 0 Å². The van der Waals surface area contributed by atoms with Crippen LogP contribution in [0.5, 0.6) is 0 Å². The van der Waals surface area contributed by atoms with Crippen molar-refractivity contribution in [3.8, 4) is 0 Å². The second-order valence-corrected chi connectivity index (χ2v) is 4.85. The average Bonchev–Trinajstić information content (AvgIpc) is 2.38. The number of rotatable bonds is 6. The van der Waals surface area contributed by atoms with Crippen LogP contribution in [0.4, 0.5) is 5.69 Å². The number of amides is 2. The molecule has 0 saturated carbocycles. The van der Waals surface area contributed by atoms with Gasteiger partial charge in [0.15, 0.2) is 0 Å². The number of benzene rings is 1. The Morgan fingerprint density at radius 2 is 1.84 bits per heavy atom. The zero-order valence-electron chi connectivity index (χ0n) is 11.8. The molecule has 0 heterocycles. The maximum atomic E-state index is 12.1. The molecule has 0 bridgehead atoms. The highest BCUT2D eigenvalue weighted by molar-refractivity contribution is 6.04. The van der Waals surface area contributed by atoms with Crippen molar-refractivity contribution in [1.82, 2.24) is 5.32 Å². The molecule has 2 amide bonds. The summed E-state index contributed by atoms with van der Waals surface area (Å²) in [6.07, 6.45) is -0.102. The van der Waals surface area contributed by atoms with E-state index in [1.807, 2.05) is 51.1 Å². The molecule has 0 spiro atoms. The van der Waals surface area contributed by atoms with Crippen molar-refractivity contribution in [3.63, 3.8) is 0 Å². The number of nitrogens with zero attached hydrogens (tertiary/aromatic N) is 1. The van der Waals surface area contributed by atoms with Crippen LogP contribution in [0, 0.1) is 5.92 Å². The highest BCUT2D eigenvalue weighted by atomic mass is 16.2. The SMILES string of the molecule is CCN(C(=O)CC(=O)NCC(C)C)c1ccccc1. The summed E-state index contributed by atoms with van der Waals surface area (Å²) in [6, 6.07) is 9.40. The van der Waals surface area contributed by atoms with Gasteiger partial charge in [0.1, 0.15) is 6.42 Å². The van der Waals surface area contributed by atoms with E-state index in [0.717, 1.165) is 5.69 Å². The fourth-order valence-corrected chi connectivity index (χ4v) is 1.72. The molecule has 1 aromatic rings. The minimum atomic E-state index is -0.215. The van der Waals surface area contributed by atoms with Crippen LogP contribution in [0.25, 0.3) is 0 Å². The lowest BCUT2D eigenvalue weighted by atomic mass is 10.2. The predicted octanol–water partition coefficient (Wildman–Crippen LogP) is 2.20. The molecular formula is C15H22N2O2. The first-order valence-electron chi connectivity index (χ1n) is 6.66. The van der Waals surface area contributed by atoms with Gasteiger partial charge >= 0.3 is 0 Å². The minimum Gasteiger partial charge on any atom is -0.355 e. The monoisotopic (exact) mass is 262 g/mol. The average molecular weight is 262 g/mol. The van der Waals surface area contributed by atoms with Crippen LogP contribution in [0.1, 0.15) is 27.2 Å². The van der Waals surface area contributed by atoms with Gasteiger partial charge < -0.3 is 10.2 Å². The molecule has 1 N–H and O–H groups in total. The maximum Gasteiger partial charge on any atom is 0.236 e.